The lowest BCUT2D eigenvalue weighted by Crippen LogP contribution is -2.14. The standard InChI is InChI=1S/C22H22F2N2O3/c1-13(18-10-16(23)5-6-19(18)24)29-20-9-14(11-26-21(20)25)3-2-4-15-12-28-22-17(15)7-8-27-22/h5-6,9-11,13,15,17,22H,4,7-8,12H2,1H3,(H2,25,26). The van der Waals surface area contributed by atoms with E-state index in [0.717, 1.165) is 31.2 Å². The summed E-state index contributed by atoms with van der Waals surface area (Å²) in [7, 11) is 0. The molecule has 7 heteroatoms. The van der Waals surface area contributed by atoms with Crippen LogP contribution in [0.4, 0.5) is 14.6 Å². The maximum absolute atomic E-state index is 14.0. The molecule has 0 spiro atoms. The quantitative estimate of drug-likeness (QED) is 0.790. The molecule has 2 fully saturated rings. The Hall–Kier alpha value is -2.69. The van der Waals surface area contributed by atoms with Crippen LogP contribution >= 0.6 is 0 Å². The molecule has 0 saturated carbocycles. The summed E-state index contributed by atoms with van der Waals surface area (Å²) in [6.07, 6.45) is 2.45. The third-order valence-electron chi connectivity index (χ3n) is 5.34. The van der Waals surface area contributed by atoms with Crippen LogP contribution in [-0.4, -0.2) is 24.5 Å². The second kappa shape index (κ2) is 8.36. The minimum atomic E-state index is -0.743. The van der Waals surface area contributed by atoms with Crippen LogP contribution in [0.25, 0.3) is 0 Å². The average molecular weight is 400 g/mol. The number of aromatic nitrogens is 1. The van der Waals surface area contributed by atoms with Crippen molar-refractivity contribution in [2.24, 2.45) is 11.8 Å². The SMILES string of the molecule is CC(Oc1cc(C#CCC2COC3OCCC23)cnc1N)c1cc(F)ccc1F. The number of ether oxygens (including phenoxy) is 3. The number of benzene rings is 1. The second-order valence-corrected chi connectivity index (χ2v) is 7.32. The third kappa shape index (κ3) is 4.34. The molecule has 4 rings (SSSR count). The molecule has 2 aromatic rings. The van der Waals surface area contributed by atoms with Gasteiger partial charge in [0.05, 0.1) is 13.2 Å². The van der Waals surface area contributed by atoms with E-state index >= 15 is 0 Å². The average Bonchev–Trinajstić information content (AvgIpc) is 3.31. The van der Waals surface area contributed by atoms with Crippen molar-refractivity contribution in [1.29, 1.82) is 0 Å². The lowest BCUT2D eigenvalue weighted by atomic mass is 9.91. The molecule has 0 aliphatic carbocycles. The molecule has 1 aromatic heterocycles. The first kappa shape index (κ1) is 19.6. The fourth-order valence-electron chi connectivity index (χ4n) is 3.74. The zero-order valence-corrected chi connectivity index (χ0v) is 16.0. The van der Waals surface area contributed by atoms with Crippen LogP contribution in [0.15, 0.2) is 30.5 Å². The van der Waals surface area contributed by atoms with Gasteiger partial charge in [0.2, 0.25) is 0 Å². The predicted octanol–water partition coefficient (Wildman–Crippen LogP) is 3.83. The van der Waals surface area contributed by atoms with Gasteiger partial charge in [-0.25, -0.2) is 13.8 Å². The van der Waals surface area contributed by atoms with Gasteiger partial charge in [-0.05, 0) is 31.5 Å². The first-order valence-corrected chi connectivity index (χ1v) is 9.60. The number of anilines is 1. The van der Waals surface area contributed by atoms with E-state index in [1.807, 2.05) is 0 Å². The molecule has 1 aromatic carbocycles. The Morgan fingerprint density at radius 3 is 3.03 bits per heavy atom. The molecular weight excluding hydrogens is 378 g/mol. The van der Waals surface area contributed by atoms with Gasteiger partial charge in [0, 0.05) is 41.6 Å². The van der Waals surface area contributed by atoms with Gasteiger partial charge in [-0.3, -0.25) is 0 Å². The summed E-state index contributed by atoms with van der Waals surface area (Å²) in [6.45, 7) is 3.02. The summed E-state index contributed by atoms with van der Waals surface area (Å²) in [5.41, 5.74) is 6.63. The van der Waals surface area contributed by atoms with E-state index in [0.29, 0.717) is 30.4 Å². The summed E-state index contributed by atoms with van der Waals surface area (Å²) >= 11 is 0. The van der Waals surface area contributed by atoms with Gasteiger partial charge in [-0.2, -0.15) is 0 Å². The first-order chi connectivity index (χ1) is 14.0. The van der Waals surface area contributed by atoms with Crippen molar-refractivity contribution in [3.05, 3.63) is 53.2 Å². The van der Waals surface area contributed by atoms with Crippen molar-refractivity contribution in [2.75, 3.05) is 18.9 Å². The van der Waals surface area contributed by atoms with Gasteiger partial charge < -0.3 is 19.9 Å². The predicted molar refractivity (Wildman–Crippen MR) is 103 cm³/mol. The number of hydrogen-bond acceptors (Lipinski definition) is 5. The normalized spacial score (nSPS) is 23.9. The zero-order chi connectivity index (χ0) is 20.4. The molecule has 0 bridgehead atoms. The van der Waals surface area contributed by atoms with Crippen LogP contribution in [0.1, 0.15) is 37.0 Å². The number of nitrogen functional groups attached to an aromatic ring is 1. The molecular formula is C22H22F2N2O3. The highest BCUT2D eigenvalue weighted by molar-refractivity contribution is 5.51. The lowest BCUT2D eigenvalue weighted by Gasteiger charge is -2.17. The zero-order valence-electron chi connectivity index (χ0n) is 16.0. The van der Waals surface area contributed by atoms with Crippen molar-refractivity contribution >= 4 is 5.82 Å². The number of rotatable bonds is 4. The fourth-order valence-corrected chi connectivity index (χ4v) is 3.74. The summed E-state index contributed by atoms with van der Waals surface area (Å²) in [6, 6.07) is 4.90. The van der Waals surface area contributed by atoms with Crippen LogP contribution in [0, 0.1) is 35.3 Å². The van der Waals surface area contributed by atoms with Gasteiger partial charge in [0.15, 0.2) is 17.9 Å². The molecule has 3 heterocycles. The Morgan fingerprint density at radius 1 is 1.31 bits per heavy atom. The Morgan fingerprint density at radius 2 is 2.17 bits per heavy atom. The Balaban J connectivity index is 1.45. The molecule has 2 aliphatic heterocycles. The number of halogens is 2. The molecule has 2 saturated heterocycles. The Labute approximate surface area is 168 Å². The van der Waals surface area contributed by atoms with E-state index in [1.54, 1.807) is 19.2 Å². The fraction of sp³-hybridized carbons (Fsp3) is 0.409. The number of hydrogen-bond donors (Lipinski definition) is 1. The molecule has 29 heavy (non-hydrogen) atoms. The monoisotopic (exact) mass is 400 g/mol. The van der Waals surface area contributed by atoms with Gasteiger partial charge in [0.25, 0.3) is 0 Å². The summed E-state index contributed by atoms with van der Waals surface area (Å²) < 4.78 is 44.3. The van der Waals surface area contributed by atoms with Gasteiger partial charge >= 0.3 is 0 Å². The van der Waals surface area contributed by atoms with E-state index in [4.69, 9.17) is 19.9 Å². The molecule has 2 N–H and O–H groups in total. The number of nitrogens with zero attached hydrogens (tertiary/aromatic N) is 1. The van der Waals surface area contributed by atoms with E-state index in [2.05, 4.69) is 16.8 Å². The molecule has 2 aliphatic rings. The maximum atomic E-state index is 14.0. The molecule has 0 radical (unpaired) electrons. The minimum absolute atomic E-state index is 0.0790. The number of nitrogens with two attached hydrogens (primary N) is 1. The smallest absolute Gasteiger partial charge is 0.166 e. The van der Waals surface area contributed by atoms with Crippen LogP contribution in [0.2, 0.25) is 0 Å². The van der Waals surface area contributed by atoms with Crippen LogP contribution in [0.5, 0.6) is 5.75 Å². The second-order valence-electron chi connectivity index (χ2n) is 7.32. The highest BCUT2D eigenvalue weighted by Gasteiger charge is 2.40. The Kier molecular flexibility index (Phi) is 5.65. The van der Waals surface area contributed by atoms with E-state index in [9.17, 15) is 8.78 Å². The van der Waals surface area contributed by atoms with E-state index in [1.165, 1.54) is 0 Å². The van der Waals surface area contributed by atoms with Gasteiger partial charge in [0.1, 0.15) is 17.7 Å². The highest BCUT2D eigenvalue weighted by atomic mass is 19.1. The number of fused-ring (bicyclic) bond motifs is 1. The van der Waals surface area contributed by atoms with E-state index in [-0.39, 0.29) is 23.4 Å². The molecule has 5 nitrogen and oxygen atoms in total. The lowest BCUT2D eigenvalue weighted by molar-refractivity contribution is -0.0905. The van der Waals surface area contributed by atoms with Crippen molar-refractivity contribution < 1.29 is 23.0 Å². The van der Waals surface area contributed by atoms with Gasteiger partial charge in [-0.15, -0.1) is 0 Å². The van der Waals surface area contributed by atoms with Crippen molar-refractivity contribution in [3.8, 4) is 17.6 Å². The summed E-state index contributed by atoms with van der Waals surface area (Å²) in [5.74, 6) is 6.38. The summed E-state index contributed by atoms with van der Waals surface area (Å²) in [4.78, 5) is 4.11. The largest absolute Gasteiger partial charge is 0.482 e. The molecule has 152 valence electrons. The third-order valence-corrected chi connectivity index (χ3v) is 5.34. The molecule has 4 unspecified atom stereocenters. The van der Waals surface area contributed by atoms with Crippen molar-refractivity contribution in [3.63, 3.8) is 0 Å². The molecule has 4 atom stereocenters. The highest BCUT2D eigenvalue weighted by Crippen LogP contribution is 2.37. The van der Waals surface area contributed by atoms with Crippen molar-refractivity contribution in [2.45, 2.75) is 32.2 Å². The molecule has 0 amide bonds. The Bertz CT molecular complexity index is 957. The van der Waals surface area contributed by atoms with Crippen LogP contribution < -0.4 is 10.5 Å². The van der Waals surface area contributed by atoms with Crippen molar-refractivity contribution in [1.82, 2.24) is 4.98 Å². The maximum Gasteiger partial charge on any atom is 0.166 e. The first-order valence-electron chi connectivity index (χ1n) is 9.60. The summed E-state index contributed by atoms with van der Waals surface area (Å²) in [5, 5.41) is 0. The van der Waals surface area contributed by atoms with E-state index < -0.39 is 17.7 Å². The van der Waals surface area contributed by atoms with Crippen LogP contribution in [0.3, 0.4) is 0 Å². The minimum Gasteiger partial charge on any atom is -0.482 e. The van der Waals surface area contributed by atoms with Gasteiger partial charge in [-0.1, -0.05) is 11.8 Å². The number of pyridine rings is 1. The van der Waals surface area contributed by atoms with Crippen LogP contribution in [-0.2, 0) is 9.47 Å². The topological polar surface area (TPSA) is 66.6 Å².